The molecule has 0 amide bonds. The fraction of sp³-hybridized carbons (Fsp3) is 0.469. The molecule has 0 saturated carbocycles. The first kappa shape index (κ1) is 62.1. The van der Waals surface area contributed by atoms with Gasteiger partial charge in [0.05, 0.1) is 84.7 Å². The van der Waals surface area contributed by atoms with Gasteiger partial charge in [0.15, 0.2) is 35.7 Å². The molecule has 2 saturated heterocycles. The average Bonchev–Trinajstić information content (AvgIpc) is 3.48. The summed E-state index contributed by atoms with van der Waals surface area (Å²) < 4.78 is 17.2. The van der Waals surface area contributed by atoms with Gasteiger partial charge in [-0.15, -0.1) is 0 Å². The zero-order chi connectivity index (χ0) is 61.7. The van der Waals surface area contributed by atoms with E-state index in [1.165, 1.54) is 12.0 Å². The maximum Gasteiger partial charge on any atom is 0.180 e. The fourth-order valence-corrected chi connectivity index (χ4v) is 12.4. The second-order valence-corrected chi connectivity index (χ2v) is 27.2. The number of aryl methyl sites for hydroxylation is 2. The van der Waals surface area contributed by atoms with Crippen LogP contribution in [0.1, 0.15) is 141 Å². The first-order valence-electron chi connectivity index (χ1n) is 30.3. The molecule has 0 radical (unpaired) electrons. The summed E-state index contributed by atoms with van der Waals surface area (Å²) >= 11 is 6.62. The smallest absolute Gasteiger partial charge is 0.180 e. The summed E-state index contributed by atoms with van der Waals surface area (Å²) in [5, 5.41) is 26.7. The lowest BCUT2D eigenvalue weighted by atomic mass is 9.90. The number of carbonyl (C=O) groups is 2. The molecule has 22 nitrogen and oxygen atoms in total. The van der Waals surface area contributed by atoms with E-state index in [9.17, 15) is 9.59 Å². The van der Waals surface area contributed by atoms with Gasteiger partial charge < -0.3 is 19.3 Å². The number of aromatic amines is 2. The number of aromatic nitrogens is 16. The normalized spacial score (nSPS) is 16.5. The molecule has 2 aliphatic heterocycles. The van der Waals surface area contributed by atoms with Crippen LogP contribution in [0.15, 0.2) is 83.0 Å². The Labute approximate surface area is 528 Å². The SMILES string of the molecule is Brc1cc2cn[nH]c2cn1.Brc1cc2cnn(C3CCCCO3)c2cn1.CN(CC(=O)CC(C)(C)C)c1nc(-c2cc3cn[nH]c3cn2)nc2c1CCC2.CN(CC(=O)CC(C)(C)C)c1nc(-c2cc3cnn(C4CCCCO4)c3cn2)nc2c1CCC2. The molecule has 14 rings (SSSR count). The number of halogens is 2. The highest BCUT2D eigenvalue weighted by Gasteiger charge is 2.28. The van der Waals surface area contributed by atoms with Gasteiger partial charge in [-0.1, -0.05) is 41.5 Å². The van der Waals surface area contributed by atoms with Gasteiger partial charge in [0.25, 0.3) is 0 Å². The quantitative estimate of drug-likeness (QED) is 0.108. The van der Waals surface area contributed by atoms with Gasteiger partial charge in [0.2, 0.25) is 0 Å². The summed E-state index contributed by atoms with van der Waals surface area (Å²) in [7, 11) is 3.90. The van der Waals surface area contributed by atoms with Gasteiger partial charge in [-0.05, 0) is 144 Å². The number of ether oxygens (including phenoxy) is 2. The molecule has 10 aromatic heterocycles. The summed E-state index contributed by atoms with van der Waals surface area (Å²) in [5.74, 6) is 3.36. The van der Waals surface area contributed by atoms with E-state index in [-0.39, 0.29) is 34.9 Å². The summed E-state index contributed by atoms with van der Waals surface area (Å²) in [6.45, 7) is 14.8. The Kier molecular flexibility index (Phi) is 19.1. The van der Waals surface area contributed by atoms with E-state index in [1.54, 1.807) is 24.8 Å². The van der Waals surface area contributed by atoms with Crippen LogP contribution in [0.25, 0.3) is 66.6 Å². The Balaban J connectivity index is 0.000000132. The first-order chi connectivity index (χ1) is 42.3. The number of ketones is 2. The van der Waals surface area contributed by atoms with Crippen LogP contribution in [-0.4, -0.2) is 132 Å². The summed E-state index contributed by atoms with van der Waals surface area (Å²) in [6.07, 6.45) is 28.1. The lowest BCUT2D eigenvalue weighted by Gasteiger charge is -2.23. The van der Waals surface area contributed by atoms with Crippen molar-refractivity contribution >= 4 is 98.7 Å². The van der Waals surface area contributed by atoms with Crippen LogP contribution < -0.4 is 9.80 Å². The number of carbonyl (C=O) groups excluding carboxylic acids is 2. The van der Waals surface area contributed by atoms with Crippen LogP contribution in [0.4, 0.5) is 11.6 Å². The van der Waals surface area contributed by atoms with Crippen LogP contribution in [0.5, 0.6) is 0 Å². The van der Waals surface area contributed by atoms with Crippen molar-refractivity contribution in [3.8, 4) is 23.0 Å². The molecule has 4 aliphatic rings. The van der Waals surface area contributed by atoms with Crippen LogP contribution in [0.2, 0.25) is 0 Å². The van der Waals surface area contributed by atoms with Gasteiger partial charge in [-0.25, -0.2) is 39.3 Å². The van der Waals surface area contributed by atoms with Gasteiger partial charge in [0.1, 0.15) is 32.2 Å². The molecule has 460 valence electrons. The van der Waals surface area contributed by atoms with Crippen molar-refractivity contribution in [1.29, 1.82) is 0 Å². The number of nitrogens with one attached hydrogen (secondary N) is 2. The van der Waals surface area contributed by atoms with Gasteiger partial charge in [-0.2, -0.15) is 20.4 Å². The minimum Gasteiger partial charge on any atom is -0.356 e. The molecule has 2 N–H and O–H groups in total. The average molecular weight is 1320 g/mol. The number of hydrogen-bond acceptors (Lipinski definition) is 18. The Hall–Kier alpha value is -7.54. The molecule has 2 fully saturated rings. The number of hydrogen-bond donors (Lipinski definition) is 2. The molecule has 0 bridgehead atoms. The largest absolute Gasteiger partial charge is 0.356 e. The van der Waals surface area contributed by atoms with E-state index in [0.29, 0.717) is 37.6 Å². The molecular weight excluding hydrogens is 1240 g/mol. The fourth-order valence-electron chi connectivity index (χ4n) is 11.7. The number of H-pyrrole nitrogens is 2. The minimum atomic E-state index is -0.0268. The zero-order valence-electron chi connectivity index (χ0n) is 51.4. The lowest BCUT2D eigenvalue weighted by molar-refractivity contribution is -0.120. The molecule has 88 heavy (non-hydrogen) atoms. The molecule has 2 unspecified atom stereocenters. The summed E-state index contributed by atoms with van der Waals surface area (Å²) in [4.78, 5) is 66.0. The number of anilines is 2. The van der Waals surface area contributed by atoms with E-state index < -0.39 is 0 Å². The molecule has 12 heterocycles. The van der Waals surface area contributed by atoms with E-state index in [2.05, 4.69) is 119 Å². The third-order valence-electron chi connectivity index (χ3n) is 15.7. The first-order valence-corrected chi connectivity index (χ1v) is 31.9. The number of pyridine rings is 4. The maximum atomic E-state index is 12.7. The molecular formula is C64H76Br2N18O4. The topological polar surface area (TPSA) is 255 Å². The highest BCUT2D eigenvalue weighted by atomic mass is 79.9. The summed E-state index contributed by atoms with van der Waals surface area (Å²) in [5.41, 5.74) is 9.73. The lowest BCUT2D eigenvalue weighted by Crippen LogP contribution is -2.30. The van der Waals surface area contributed by atoms with Crippen molar-refractivity contribution in [2.45, 2.75) is 144 Å². The second-order valence-electron chi connectivity index (χ2n) is 25.6. The molecule has 0 spiro atoms. The van der Waals surface area contributed by atoms with Crippen molar-refractivity contribution in [2.75, 3.05) is 50.2 Å². The molecule has 2 atom stereocenters. The maximum absolute atomic E-state index is 12.7. The van der Waals surface area contributed by atoms with Crippen molar-refractivity contribution in [1.82, 2.24) is 79.8 Å². The number of fused-ring (bicyclic) bond motifs is 6. The Morgan fingerprint density at radius 3 is 1.45 bits per heavy atom. The standard InChI is InChI=1S/C26H34N6O2.C21H26N6O.C11H12BrN3O.C6H4BrN3/c1-26(2,3)13-18(33)16-31(4)25-19-8-7-9-20(19)29-24(30-25)21-12-17-14-28-32(22(17)15-27-21)23-10-5-6-11-34-23;1-21(2,3)9-14(28)12-27(4)20-15-6-5-7-16(15)24-19(25-20)17-8-13-10-23-26-18(13)11-22-17;12-10-5-8-6-14-15(9(8)7-13-10)11-3-1-2-4-16-11;7-6-1-4-2-9-10-5(4)3-8-6/h12,14-15,23H,5-11,13,16H2,1-4H3;8,10-11H,5-7,9,12H2,1-4H3,(H,23,26);5-7,11H,1-4H2;1-3H,(H,9,10). The van der Waals surface area contributed by atoms with Crippen LogP contribution >= 0.6 is 31.9 Å². The number of rotatable bonds is 12. The molecule has 10 aromatic rings. The summed E-state index contributed by atoms with van der Waals surface area (Å²) in [6, 6.07) is 7.84. The Morgan fingerprint density at radius 1 is 0.534 bits per heavy atom. The van der Waals surface area contributed by atoms with Crippen molar-refractivity contribution in [3.05, 3.63) is 106 Å². The number of likely N-dealkylation sites (N-methyl/N-ethyl adjacent to an activating group) is 2. The zero-order valence-corrected chi connectivity index (χ0v) is 54.5. The van der Waals surface area contributed by atoms with Crippen LogP contribution in [0.3, 0.4) is 0 Å². The monoisotopic (exact) mass is 1320 g/mol. The molecule has 0 aromatic carbocycles. The van der Waals surface area contributed by atoms with E-state index in [1.807, 2.05) is 82.3 Å². The number of nitrogens with zero attached hydrogens (tertiary/aromatic N) is 16. The highest BCUT2D eigenvalue weighted by molar-refractivity contribution is 9.10. The predicted molar refractivity (Wildman–Crippen MR) is 347 cm³/mol. The van der Waals surface area contributed by atoms with E-state index in [0.717, 1.165) is 177 Å². The van der Waals surface area contributed by atoms with Crippen molar-refractivity contribution in [2.24, 2.45) is 10.8 Å². The second kappa shape index (κ2) is 27.1. The highest BCUT2D eigenvalue weighted by Crippen LogP contribution is 2.35. The minimum absolute atomic E-state index is 0.0133. The van der Waals surface area contributed by atoms with Gasteiger partial charge in [-0.3, -0.25) is 29.8 Å². The van der Waals surface area contributed by atoms with Crippen molar-refractivity contribution in [3.63, 3.8) is 0 Å². The van der Waals surface area contributed by atoms with Gasteiger partial charge >= 0.3 is 0 Å². The predicted octanol–water partition coefficient (Wildman–Crippen LogP) is 12.5. The molecule has 24 heteroatoms. The Morgan fingerprint density at radius 2 is 0.966 bits per heavy atom. The molecule has 2 aliphatic carbocycles. The van der Waals surface area contributed by atoms with Gasteiger partial charge in [0, 0.05) is 84.2 Å². The van der Waals surface area contributed by atoms with E-state index >= 15 is 0 Å². The third-order valence-corrected chi connectivity index (χ3v) is 16.6. The van der Waals surface area contributed by atoms with E-state index in [4.69, 9.17) is 34.4 Å². The third kappa shape index (κ3) is 15.1. The van der Waals surface area contributed by atoms with Crippen LogP contribution in [-0.2, 0) is 44.7 Å². The number of Topliss-reactive ketones (excluding diaryl/α,β-unsaturated/α-hetero) is 2. The Bertz CT molecular complexity index is 4090. The van der Waals surface area contributed by atoms with Crippen molar-refractivity contribution < 1.29 is 19.1 Å². The van der Waals surface area contributed by atoms with Crippen LogP contribution in [0, 0.1) is 10.8 Å².